The number of methoxy groups -OCH3 is 1. The Morgan fingerprint density at radius 2 is 2.06 bits per heavy atom. The van der Waals surface area contributed by atoms with Crippen LogP contribution in [0.4, 0.5) is 0 Å². The van der Waals surface area contributed by atoms with Gasteiger partial charge in [-0.3, -0.25) is 4.98 Å². The van der Waals surface area contributed by atoms with Gasteiger partial charge in [0.2, 0.25) is 5.88 Å². The highest BCUT2D eigenvalue weighted by molar-refractivity contribution is 14.1. The van der Waals surface area contributed by atoms with E-state index in [1.165, 1.54) is 3.57 Å². The normalized spacial score (nSPS) is 12.2. The summed E-state index contributed by atoms with van der Waals surface area (Å²) in [6, 6.07) is 8.26. The molecule has 1 heterocycles. The Labute approximate surface area is 120 Å². The molecule has 1 atom stereocenters. The third-order valence-electron chi connectivity index (χ3n) is 2.63. The molecule has 1 N–H and O–H groups in total. The molecule has 2 aromatic rings. The maximum absolute atomic E-state index is 5.26. The van der Waals surface area contributed by atoms with Crippen LogP contribution in [0.25, 0.3) is 0 Å². The summed E-state index contributed by atoms with van der Waals surface area (Å²) in [7, 11) is 3.51. The number of nitrogens with one attached hydrogen (secondary N) is 1. The Hall–Kier alpha value is -1.21. The van der Waals surface area contributed by atoms with Gasteiger partial charge < -0.3 is 10.1 Å². The number of aromatic nitrogens is 2. The molecule has 0 amide bonds. The van der Waals surface area contributed by atoms with E-state index in [1.54, 1.807) is 19.5 Å². The number of hydrogen-bond donors (Lipinski definition) is 1. The summed E-state index contributed by atoms with van der Waals surface area (Å²) in [5.74, 6) is 0.552. The molecular formula is C13H14IN3O. The third-order valence-corrected chi connectivity index (χ3v) is 3.30. The lowest BCUT2D eigenvalue weighted by molar-refractivity contribution is 0.384. The highest BCUT2D eigenvalue weighted by Crippen LogP contribution is 2.26. The topological polar surface area (TPSA) is 47.0 Å². The molecule has 1 aromatic carbocycles. The Morgan fingerprint density at radius 1 is 1.28 bits per heavy atom. The Balaban J connectivity index is 2.45. The lowest BCUT2D eigenvalue weighted by Gasteiger charge is -2.17. The number of hydrogen-bond acceptors (Lipinski definition) is 4. The van der Waals surface area contributed by atoms with Crippen molar-refractivity contribution in [2.24, 2.45) is 0 Å². The third kappa shape index (κ3) is 2.78. The number of nitrogens with zero attached hydrogens (tertiary/aromatic N) is 2. The van der Waals surface area contributed by atoms with Crippen LogP contribution in [0.5, 0.6) is 5.88 Å². The van der Waals surface area contributed by atoms with Crippen molar-refractivity contribution in [2.75, 3.05) is 14.2 Å². The molecule has 0 aliphatic heterocycles. The minimum Gasteiger partial charge on any atom is -0.480 e. The molecule has 2 rings (SSSR count). The van der Waals surface area contributed by atoms with Gasteiger partial charge in [-0.05, 0) is 47.3 Å². The van der Waals surface area contributed by atoms with Crippen molar-refractivity contribution >= 4 is 22.6 Å². The zero-order chi connectivity index (χ0) is 13.0. The van der Waals surface area contributed by atoms with Crippen LogP contribution >= 0.6 is 22.6 Å². The van der Waals surface area contributed by atoms with Crippen LogP contribution in [0.15, 0.2) is 36.7 Å². The van der Waals surface area contributed by atoms with Gasteiger partial charge in [-0.1, -0.05) is 12.1 Å². The lowest BCUT2D eigenvalue weighted by Crippen LogP contribution is -2.20. The van der Waals surface area contributed by atoms with E-state index < -0.39 is 0 Å². The Kier molecular flexibility index (Phi) is 4.48. The van der Waals surface area contributed by atoms with Crippen LogP contribution in [0.3, 0.4) is 0 Å². The molecule has 0 saturated carbocycles. The van der Waals surface area contributed by atoms with E-state index in [0.717, 1.165) is 11.3 Å². The average molecular weight is 355 g/mol. The molecular weight excluding hydrogens is 341 g/mol. The quantitative estimate of drug-likeness (QED) is 0.856. The summed E-state index contributed by atoms with van der Waals surface area (Å²) in [4.78, 5) is 8.56. The number of benzene rings is 1. The van der Waals surface area contributed by atoms with Crippen molar-refractivity contribution in [1.82, 2.24) is 15.3 Å². The summed E-state index contributed by atoms with van der Waals surface area (Å²) in [5, 5.41) is 3.25. The molecule has 0 aliphatic carbocycles. The molecule has 0 saturated heterocycles. The molecule has 0 radical (unpaired) electrons. The van der Waals surface area contributed by atoms with Gasteiger partial charge in [-0.25, -0.2) is 4.98 Å². The van der Waals surface area contributed by atoms with Crippen LogP contribution in [0, 0.1) is 3.57 Å². The number of halogens is 1. The molecule has 0 spiro atoms. The zero-order valence-corrected chi connectivity index (χ0v) is 12.4. The predicted molar refractivity (Wildman–Crippen MR) is 78.6 cm³/mol. The van der Waals surface area contributed by atoms with Gasteiger partial charge in [0.1, 0.15) is 5.69 Å². The van der Waals surface area contributed by atoms with Crippen LogP contribution in [0.2, 0.25) is 0 Å². The Bertz CT molecular complexity index is 533. The summed E-state index contributed by atoms with van der Waals surface area (Å²) in [6.07, 6.45) is 3.31. The van der Waals surface area contributed by atoms with E-state index in [0.29, 0.717) is 5.88 Å². The highest BCUT2D eigenvalue weighted by atomic mass is 127. The van der Waals surface area contributed by atoms with Crippen molar-refractivity contribution in [1.29, 1.82) is 0 Å². The first-order valence-corrected chi connectivity index (χ1v) is 6.61. The average Bonchev–Trinajstić information content (AvgIpc) is 2.40. The van der Waals surface area contributed by atoms with Gasteiger partial charge in [0, 0.05) is 16.0 Å². The summed E-state index contributed by atoms with van der Waals surface area (Å²) in [5.41, 5.74) is 1.94. The van der Waals surface area contributed by atoms with Crippen molar-refractivity contribution in [2.45, 2.75) is 6.04 Å². The van der Waals surface area contributed by atoms with Crippen LogP contribution in [-0.2, 0) is 0 Å². The van der Waals surface area contributed by atoms with Gasteiger partial charge in [0.15, 0.2) is 0 Å². The van der Waals surface area contributed by atoms with E-state index in [9.17, 15) is 0 Å². The number of ether oxygens (including phenoxy) is 1. The van der Waals surface area contributed by atoms with E-state index in [2.05, 4.69) is 56.1 Å². The van der Waals surface area contributed by atoms with Crippen LogP contribution in [0.1, 0.15) is 17.3 Å². The molecule has 0 bridgehead atoms. The summed E-state index contributed by atoms with van der Waals surface area (Å²) < 4.78 is 6.45. The van der Waals surface area contributed by atoms with Gasteiger partial charge in [-0.15, -0.1) is 0 Å². The second-order valence-corrected chi connectivity index (χ2v) is 4.97. The maximum atomic E-state index is 5.26. The van der Waals surface area contributed by atoms with E-state index in [1.807, 2.05) is 13.1 Å². The standard InChI is InChI=1S/C13H14IN3O/c1-15-11(9-4-3-5-10(14)8-9)12-13(18-2)17-7-6-16-12/h3-8,11,15H,1-2H3. The zero-order valence-electron chi connectivity index (χ0n) is 10.2. The van der Waals surface area contributed by atoms with E-state index >= 15 is 0 Å². The van der Waals surface area contributed by atoms with Gasteiger partial charge in [0.05, 0.1) is 13.2 Å². The summed E-state index contributed by atoms with van der Waals surface area (Å²) >= 11 is 2.30. The van der Waals surface area contributed by atoms with E-state index in [4.69, 9.17) is 4.74 Å². The second-order valence-electron chi connectivity index (χ2n) is 3.73. The van der Waals surface area contributed by atoms with Gasteiger partial charge >= 0.3 is 0 Å². The van der Waals surface area contributed by atoms with Crippen molar-refractivity contribution in [3.8, 4) is 5.88 Å². The molecule has 18 heavy (non-hydrogen) atoms. The van der Waals surface area contributed by atoms with E-state index in [-0.39, 0.29) is 6.04 Å². The largest absolute Gasteiger partial charge is 0.480 e. The first kappa shape index (κ1) is 13.2. The molecule has 4 nitrogen and oxygen atoms in total. The molecule has 1 unspecified atom stereocenters. The van der Waals surface area contributed by atoms with Gasteiger partial charge in [-0.2, -0.15) is 0 Å². The first-order chi connectivity index (χ1) is 8.76. The number of rotatable bonds is 4. The molecule has 1 aromatic heterocycles. The predicted octanol–water partition coefficient (Wildman–Crippen LogP) is 2.40. The molecule has 0 fully saturated rings. The van der Waals surface area contributed by atoms with Crippen LogP contribution in [-0.4, -0.2) is 24.1 Å². The fraction of sp³-hybridized carbons (Fsp3) is 0.231. The molecule has 94 valence electrons. The van der Waals surface area contributed by atoms with Gasteiger partial charge in [0.25, 0.3) is 0 Å². The van der Waals surface area contributed by atoms with Crippen molar-refractivity contribution in [3.05, 3.63) is 51.5 Å². The Morgan fingerprint density at radius 3 is 2.72 bits per heavy atom. The minimum atomic E-state index is -0.0247. The fourth-order valence-corrected chi connectivity index (χ4v) is 2.41. The first-order valence-electron chi connectivity index (χ1n) is 5.54. The lowest BCUT2D eigenvalue weighted by atomic mass is 10.0. The summed E-state index contributed by atoms with van der Waals surface area (Å²) in [6.45, 7) is 0. The minimum absolute atomic E-state index is 0.0247. The second kappa shape index (κ2) is 6.10. The highest BCUT2D eigenvalue weighted by Gasteiger charge is 2.18. The van der Waals surface area contributed by atoms with Crippen molar-refractivity contribution < 1.29 is 4.74 Å². The molecule has 5 heteroatoms. The van der Waals surface area contributed by atoms with Crippen LogP contribution < -0.4 is 10.1 Å². The fourth-order valence-electron chi connectivity index (χ4n) is 1.84. The molecule has 0 aliphatic rings. The van der Waals surface area contributed by atoms with Crippen molar-refractivity contribution in [3.63, 3.8) is 0 Å². The SMILES string of the molecule is CNC(c1cccc(I)c1)c1nccnc1OC. The monoisotopic (exact) mass is 355 g/mol. The maximum Gasteiger partial charge on any atom is 0.237 e. The smallest absolute Gasteiger partial charge is 0.237 e.